The van der Waals surface area contributed by atoms with Crippen LogP contribution in [0.4, 0.5) is 0 Å². The van der Waals surface area contributed by atoms with Gasteiger partial charge in [0.2, 0.25) is 15.9 Å². The molecule has 0 bridgehead atoms. The maximum Gasteiger partial charge on any atom is 0.323 e. The van der Waals surface area contributed by atoms with E-state index in [4.69, 9.17) is 5.11 Å². The Bertz CT molecular complexity index is 705. The number of hydrogen-bond donors (Lipinski definition) is 1. The van der Waals surface area contributed by atoms with Gasteiger partial charge >= 0.3 is 5.97 Å². The van der Waals surface area contributed by atoms with Gasteiger partial charge in [-0.15, -0.1) is 0 Å². The number of benzene rings is 1. The number of aliphatic carboxylic acids is 1. The second-order valence-corrected chi connectivity index (χ2v) is 7.98. The van der Waals surface area contributed by atoms with Crippen molar-refractivity contribution in [3.63, 3.8) is 0 Å². The fourth-order valence-electron chi connectivity index (χ4n) is 3.08. The van der Waals surface area contributed by atoms with Crippen LogP contribution in [0.25, 0.3) is 0 Å². The van der Waals surface area contributed by atoms with Crippen molar-refractivity contribution in [3.8, 4) is 0 Å². The summed E-state index contributed by atoms with van der Waals surface area (Å²) in [6.45, 7) is 1.99. The lowest BCUT2D eigenvalue weighted by Gasteiger charge is -2.36. The monoisotopic (exact) mass is 368 g/mol. The number of carboxylic acids is 1. The molecule has 2 rings (SSSR count). The van der Waals surface area contributed by atoms with Crippen molar-refractivity contribution in [1.29, 1.82) is 0 Å². The van der Waals surface area contributed by atoms with E-state index in [9.17, 15) is 18.0 Å². The van der Waals surface area contributed by atoms with Crippen molar-refractivity contribution in [3.05, 3.63) is 30.3 Å². The number of nitrogens with zero attached hydrogens (tertiary/aromatic N) is 2. The molecule has 0 saturated carbocycles. The Morgan fingerprint density at radius 1 is 1.24 bits per heavy atom. The smallest absolute Gasteiger partial charge is 0.323 e. The summed E-state index contributed by atoms with van der Waals surface area (Å²) in [6, 6.07) is 7.18. The Morgan fingerprint density at radius 2 is 1.92 bits per heavy atom. The van der Waals surface area contributed by atoms with Gasteiger partial charge in [-0.25, -0.2) is 8.42 Å². The molecule has 1 saturated heterocycles. The molecule has 1 aliphatic rings. The molecule has 0 aliphatic carbocycles. The average molecular weight is 368 g/mol. The van der Waals surface area contributed by atoms with Crippen molar-refractivity contribution in [2.45, 2.75) is 43.5 Å². The van der Waals surface area contributed by atoms with Crippen LogP contribution >= 0.6 is 0 Å². The number of hydrogen-bond acceptors (Lipinski definition) is 4. The quantitative estimate of drug-likeness (QED) is 0.788. The second kappa shape index (κ2) is 8.44. The maximum absolute atomic E-state index is 12.9. The zero-order chi connectivity index (χ0) is 18.4. The van der Waals surface area contributed by atoms with Gasteiger partial charge in [0.15, 0.2) is 0 Å². The lowest BCUT2D eigenvalue weighted by molar-refractivity contribution is -0.146. The van der Waals surface area contributed by atoms with Crippen molar-refractivity contribution < 1.29 is 23.1 Å². The fourth-order valence-corrected chi connectivity index (χ4v) is 4.75. The van der Waals surface area contributed by atoms with Crippen LogP contribution in [0.15, 0.2) is 35.2 Å². The van der Waals surface area contributed by atoms with Crippen LogP contribution in [0.1, 0.15) is 32.6 Å². The zero-order valence-electron chi connectivity index (χ0n) is 14.3. The van der Waals surface area contributed by atoms with Gasteiger partial charge in [-0.3, -0.25) is 9.59 Å². The van der Waals surface area contributed by atoms with E-state index in [1.54, 1.807) is 18.2 Å². The van der Waals surface area contributed by atoms with E-state index in [2.05, 4.69) is 0 Å². The van der Waals surface area contributed by atoms with Crippen LogP contribution < -0.4 is 0 Å². The number of sulfonamides is 1. The van der Waals surface area contributed by atoms with E-state index in [1.165, 1.54) is 21.3 Å². The molecular weight excluding hydrogens is 344 g/mol. The lowest BCUT2D eigenvalue weighted by Crippen LogP contribution is -2.53. The minimum Gasteiger partial charge on any atom is -0.480 e. The molecule has 1 unspecified atom stereocenters. The molecule has 0 aromatic heterocycles. The van der Waals surface area contributed by atoms with Gasteiger partial charge in [-0.1, -0.05) is 31.5 Å². The summed E-state index contributed by atoms with van der Waals surface area (Å²) < 4.78 is 27.1. The van der Waals surface area contributed by atoms with Crippen LogP contribution in [0.3, 0.4) is 0 Å². The van der Waals surface area contributed by atoms with Gasteiger partial charge in [0.05, 0.1) is 4.90 Å². The van der Waals surface area contributed by atoms with Crippen molar-refractivity contribution >= 4 is 21.9 Å². The van der Waals surface area contributed by atoms with Gasteiger partial charge in [-0.2, -0.15) is 4.31 Å². The number of amides is 1. The first-order valence-corrected chi connectivity index (χ1v) is 9.89. The Hall–Kier alpha value is -1.93. The molecule has 0 spiro atoms. The fraction of sp³-hybridized carbons (Fsp3) is 0.529. The third kappa shape index (κ3) is 4.58. The molecule has 1 aromatic carbocycles. The molecule has 1 aromatic rings. The Kier molecular flexibility index (Phi) is 6.55. The van der Waals surface area contributed by atoms with Crippen molar-refractivity contribution in [2.75, 3.05) is 19.6 Å². The molecule has 25 heavy (non-hydrogen) atoms. The molecule has 8 heteroatoms. The molecule has 1 atom stereocenters. The van der Waals surface area contributed by atoms with Crippen molar-refractivity contribution in [1.82, 2.24) is 9.21 Å². The summed E-state index contributed by atoms with van der Waals surface area (Å²) in [5, 5.41) is 9.04. The molecule has 7 nitrogen and oxygen atoms in total. The molecule has 1 fully saturated rings. The van der Waals surface area contributed by atoms with Gasteiger partial charge in [0.25, 0.3) is 0 Å². The summed E-state index contributed by atoms with van der Waals surface area (Å²) in [6.07, 6.45) is 2.44. The van der Waals surface area contributed by atoms with E-state index in [1.807, 2.05) is 6.92 Å². The zero-order valence-corrected chi connectivity index (χ0v) is 15.1. The first kappa shape index (κ1) is 19.4. The molecule has 1 N–H and O–H groups in total. The van der Waals surface area contributed by atoms with Crippen molar-refractivity contribution in [2.24, 2.45) is 0 Å². The van der Waals surface area contributed by atoms with E-state index in [0.29, 0.717) is 25.8 Å². The molecule has 1 amide bonds. The number of carboxylic acid groups (broad SMARTS) is 1. The van der Waals surface area contributed by atoms with Gasteiger partial charge in [0, 0.05) is 13.1 Å². The third-order valence-electron chi connectivity index (χ3n) is 4.22. The van der Waals surface area contributed by atoms with Gasteiger partial charge < -0.3 is 10.0 Å². The second-order valence-electron chi connectivity index (χ2n) is 6.09. The highest BCUT2D eigenvalue weighted by molar-refractivity contribution is 7.89. The number of piperidine rings is 1. The number of carbonyl (C=O) groups is 2. The first-order chi connectivity index (χ1) is 11.9. The normalized spacial score (nSPS) is 18.7. The standard InChI is InChI=1S/C17H24N2O5S/c1-2-11-18(13-16(20)21)17(22)15-10-6-7-12-19(15)25(23,24)14-8-4-3-5-9-14/h3-5,8-9,15H,2,6-7,10-13H2,1H3,(H,20,21). The lowest BCUT2D eigenvalue weighted by atomic mass is 10.0. The predicted molar refractivity (Wildman–Crippen MR) is 92.5 cm³/mol. The molecule has 138 valence electrons. The summed E-state index contributed by atoms with van der Waals surface area (Å²) in [5.74, 6) is -1.53. The van der Waals surface area contributed by atoms with Gasteiger partial charge in [-0.05, 0) is 31.4 Å². The predicted octanol–water partition coefficient (Wildman–Crippen LogP) is 1.55. The highest BCUT2D eigenvalue weighted by Crippen LogP contribution is 2.26. The Labute approximate surface area is 148 Å². The molecule has 1 heterocycles. The van der Waals surface area contributed by atoms with Crippen LogP contribution in [-0.2, 0) is 19.6 Å². The minimum atomic E-state index is -3.79. The Balaban J connectivity index is 2.30. The van der Waals surface area contributed by atoms with Gasteiger partial charge in [0.1, 0.15) is 12.6 Å². The van der Waals surface area contributed by atoms with E-state index in [-0.39, 0.29) is 11.4 Å². The van der Waals surface area contributed by atoms with E-state index < -0.39 is 34.5 Å². The SMILES string of the molecule is CCCN(CC(=O)O)C(=O)C1CCCCN1S(=O)(=O)c1ccccc1. The largest absolute Gasteiger partial charge is 0.480 e. The molecule has 0 radical (unpaired) electrons. The van der Waals surface area contributed by atoms with Crippen LogP contribution in [0, 0.1) is 0 Å². The summed E-state index contributed by atoms with van der Waals surface area (Å²) in [7, 11) is -3.79. The number of carbonyl (C=O) groups excluding carboxylic acids is 1. The van der Waals surface area contributed by atoms with Crippen LogP contribution in [-0.4, -0.2) is 60.3 Å². The summed E-state index contributed by atoms with van der Waals surface area (Å²) in [5.41, 5.74) is 0. The Morgan fingerprint density at radius 3 is 2.52 bits per heavy atom. The summed E-state index contributed by atoms with van der Waals surface area (Å²) in [4.78, 5) is 25.3. The minimum absolute atomic E-state index is 0.148. The maximum atomic E-state index is 12.9. The average Bonchev–Trinajstić information content (AvgIpc) is 2.61. The third-order valence-corrected chi connectivity index (χ3v) is 6.14. The van der Waals surface area contributed by atoms with E-state index >= 15 is 0 Å². The van der Waals surface area contributed by atoms with E-state index in [0.717, 1.165) is 6.42 Å². The van der Waals surface area contributed by atoms with Crippen LogP contribution in [0.2, 0.25) is 0 Å². The number of rotatable bonds is 7. The summed E-state index contributed by atoms with van der Waals surface area (Å²) >= 11 is 0. The highest BCUT2D eigenvalue weighted by atomic mass is 32.2. The topological polar surface area (TPSA) is 95.0 Å². The first-order valence-electron chi connectivity index (χ1n) is 8.45. The molecular formula is C17H24N2O5S. The molecule has 1 aliphatic heterocycles. The highest BCUT2D eigenvalue weighted by Gasteiger charge is 2.39. The van der Waals surface area contributed by atoms with Crippen LogP contribution in [0.5, 0.6) is 0 Å².